The molecule has 2 aromatic rings. The van der Waals surface area contributed by atoms with Crippen molar-refractivity contribution >= 4 is 10.9 Å². The van der Waals surface area contributed by atoms with Crippen LogP contribution in [0.5, 0.6) is 0 Å². The number of hydrogen-bond acceptors (Lipinski definition) is 1. The van der Waals surface area contributed by atoms with Crippen LogP contribution in [0.4, 0.5) is 0 Å². The van der Waals surface area contributed by atoms with Crippen LogP contribution in [0.25, 0.3) is 10.9 Å². The Morgan fingerprint density at radius 1 is 1.36 bits per heavy atom. The van der Waals surface area contributed by atoms with Crippen LogP contribution in [-0.4, -0.2) is 10.6 Å². The molecular weight excluding hydrogens is 172 g/mol. The molecule has 0 bridgehead atoms. The lowest BCUT2D eigenvalue weighted by atomic mass is 10.1. The van der Waals surface area contributed by atoms with Gasteiger partial charge in [-0.3, -0.25) is 0 Å². The Labute approximate surface area is 83.3 Å². The van der Waals surface area contributed by atoms with Gasteiger partial charge in [0.25, 0.3) is 0 Å². The van der Waals surface area contributed by atoms with Crippen LogP contribution in [0.15, 0.2) is 24.3 Å². The maximum atomic E-state index is 5.94. The molecule has 2 heteroatoms. The van der Waals surface area contributed by atoms with E-state index in [9.17, 15) is 0 Å². The summed E-state index contributed by atoms with van der Waals surface area (Å²) in [5.41, 5.74) is 9.98. The first-order valence-electron chi connectivity index (χ1n) is 5.08. The van der Waals surface area contributed by atoms with Crippen molar-refractivity contribution in [1.29, 1.82) is 0 Å². The van der Waals surface area contributed by atoms with Gasteiger partial charge in [0.2, 0.25) is 0 Å². The number of aromatic nitrogens is 1. The van der Waals surface area contributed by atoms with E-state index in [4.69, 9.17) is 5.73 Å². The molecule has 0 saturated carbocycles. The minimum Gasteiger partial charge on any atom is -0.343 e. The molecular formula is C12H14N2. The molecule has 0 spiro atoms. The standard InChI is InChI=1S/C12H14N2/c1-8-2-3-9-5-11-6-10(13)7-14(11)12(9)4-8/h2-5,10H,6-7,13H2,1H3. The highest BCUT2D eigenvalue weighted by molar-refractivity contribution is 5.82. The van der Waals surface area contributed by atoms with E-state index in [2.05, 4.69) is 35.8 Å². The molecule has 1 unspecified atom stereocenters. The molecule has 0 amide bonds. The lowest BCUT2D eigenvalue weighted by Gasteiger charge is -2.03. The number of rotatable bonds is 0. The maximum Gasteiger partial charge on any atom is 0.0485 e. The van der Waals surface area contributed by atoms with Crippen LogP contribution in [0.3, 0.4) is 0 Å². The highest BCUT2D eigenvalue weighted by atomic mass is 15.0. The Bertz CT molecular complexity index is 496. The van der Waals surface area contributed by atoms with Crippen LogP contribution in [0, 0.1) is 6.92 Å². The van der Waals surface area contributed by atoms with Gasteiger partial charge < -0.3 is 10.3 Å². The van der Waals surface area contributed by atoms with Crippen molar-refractivity contribution in [3.8, 4) is 0 Å². The van der Waals surface area contributed by atoms with Gasteiger partial charge >= 0.3 is 0 Å². The average Bonchev–Trinajstić information content (AvgIpc) is 2.62. The summed E-state index contributed by atoms with van der Waals surface area (Å²) in [6.45, 7) is 3.11. The Kier molecular flexibility index (Phi) is 1.50. The van der Waals surface area contributed by atoms with E-state index >= 15 is 0 Å². The zero-order chi connectivity index (χ0) is 9.71. The fraction of sp³-hybridized carbons (Fsp3) is 0.333. The smallest absolute Gasteiger partial charge is 0.0485 e. The largest absolute Gasteiger partial charge is 0.343 e. The predicted octanol–water partition coefficient (Wildman–Crippen LogP) is 1.83. The first kappa shape index (κ1) is 8.06. The topological polar surface area (TPSA) is 30.9 Å². The third kappa shape index (κ3) is 1.01. The summed E-state index contributed by atoms with van der Waals surface area (Å²) < 4.78 is 2.35. The van der Waals surface area contributed by atoms with Crippen molar-refractivity contribution < 1.29 is 0 Å². The molecule has 0 radical (unpaired) electrons. The molecule has 1 aliphatic rings. The van der Waals surface area contributed by atoms with Crippen molar-refractivity contribution in [2.45, 2.75) is 25.9 Å². The van der Waals surface area contributed by atoms with Crippen molar-refractivity contribution in [3.63, 3.8) is 0 Å². The second-order valence-corrected chi connectivity index (χ2v) is 4.27. The van der Waals surface area contributed by atoms with Crippen LogP contribution < -0.4 is 5.73 Å². The second-order valence-electron chi connectivity index (χ2n) is 4.27. The molecule has 0 fully saturated rings. The third-order valence-corrected chi connectivity index (χ3v) is 3.03. The van der Waals surface area contributed by atoms with E-state index in [1.54, 1.807) is 0 Å². The number of aryl methyl sites for hydroxylation is 1. The SMILES string of the molecule is Cc1ccc2cc3n(c2c1)CC(N)C3. The highest BCUT2D eigenvalue weighted by Crippen LogP contribution is 2.26. The van der Waals surface area contributed by atoms with Gasteiger partial charge in [-0.1, -0.05) is 12.1 Å². The third-order valence-electron chi connectivity index (χ3n) is 3.03. The van der Waals surface area contributed by atoms with Gasteiger partial charge in [0.05, 0.1) is 0 Å². The summed E-state index contributed by atoms with van der Waals surface area (Å²) in [6, 6.07) is 9.19. The molecule has 2 N–H and O–H groups in total. The van der Waals surface area contributed by atoms with E-state index < -0.39 is 0 Å². The molecule has 1 aliphatic heterocycles. The van der Waals surface area contributed by atoms with Gasteiger partial charge in [0, 0.05) is 30.2 Å². The molecule has 1 aromatic carbocycles. The van der Waals surface area contributed by atoms with E-state index in [1.165, 1.54) is 22.2 Å². The highest BCUT2D eigenvalue weighted by Gasteiger charge is 2.19. The van der Waals surface area contributed by atoms with Crippen molar-refractivity contribution in [2.24, 2.45) is 5.73 Å². The van der Waals surface area contributed by atoms with Gasteiger partial charge in [-0.25, -0.2) is 0 Å². The molecule has 0 aliphatic carbocycles. The molecule has 1 aromatic heterocycles. The average molecular weight is 186 g/mol. The second kappa shape index (κ2) is 2.61. The number of nitrogens with two attached hydrogens (primary N) is 1. The molecule has 1 atom stereocenters. The Morgan fingerprint density at radius 2 is 2.21 bits per heavy atom. The number of nitrogens with zero attached hydrogens (tertiary/aromatic N) is 1. The number of benzene rings is 1. The number of hydrogen-bond donors (Lipinski definition) is 1. The molecule has 14 heavy (non-hydrogen) atoms. The molecule has 0 saturated heterocycles. The molecule has 2 heterocycles. The fourth-order valence-electron chi connectivity index (χ4n) is 2.37. The van der Waals surface area contributed by atoms with Crippen LogP contribution in [0.1, 0.15) is 11.3 Å². The van der Waals surface area contributed by atoms with Gasteiger partial charge in [0.1, 0.15) is 0 Å². The van der Waals surface area contributed by atoms with Crippen molar-refractivity contribution in [3.05, 3.63) is 35.5 Å². The lowest BCUT2D eigenvalue weighted by molar-refractivity contribution is 0.652. The maximum absolute atomic E-state index is 5.94. The van der Waals surface area contributed by atoms with Gasteiger partial charge in [-0.15, -0.1) is 0 Å². The van der Waals surface area contributed by atoms with E-state index in [-0.39, 0.29) is 0 Å². The minimum absolute atomic E-state index is 0.315. The lowest BCUT2D eigenvalue weighted by Crippen LogP contribution is -2.20. The predicted molar refractivity (Wildman–Crippen MR) is 58.4 cm³/mol. The summed E-state index contributed by atoms with van der Waals surface area (Å²) in [7, 11) is 0. The Hall–Kier alpha value is -1.28. The van der Waals surface area contributed by atoms with Crippen LogP contribution in [0.2, 0.25) is 0 Å². The van der Waals surface area contributed by atoms with Crippen LogP contribution >= 0.6 is 0 Å². The Balaban J connectivity index is 2.30. The van der Waals surface area contributed by atoms with Gasteiger partial charge in [-0.05, 0) is 30.0 Å². The fourth-order valence-corrected chi connectivity index (χ4v) is 2.37. The summed E-state index contributed by atoms with van der Waals surface area (Å²) in [4.78, 5) is 0. The van der Waals surface area contributed by atoms with Gasteiger partial charge in [0.15, 0.2) is 0 Å². The first-order chi connectivity index (χ1) is 6.74. The summed E-state index contributed by atoms with van der Waals surface area (Å²) in [5, 5.41) is 1.34. The van der Waals surface area contributed by atoms with Crippen LogP contribution in [-0.2, 0) is 13.0 Å². The number of fused-ring (bicyclic) bond motifs is 3. The molecule has 72 valence electrons. The summed E-state index contributed by atoms with van der Waals surface area (Å²) >= 11 is 0. The van der Waals surface area contributed by atoms with Crippen molar-refractivity contribution in [2.75, 3.05) is 0 Å². The minimum atomic E-state index is 0.315. The quantitative estimate of drug-likeness (QED) is 0.668. The van der Waals surface area contributed by atoms with E-state index in [1.807, 2.05) is 0 Å². The van der Waals surface area contributed by atoms with E-state index in [0.717, 1.165) is 13.0 Å². The zero-order valence-corrected chi connectivity index (χ0v) is 8.33. The molecule has 2 nitrogen and oxygen atoms in total. The Morgan fingerprint density at radius 3 is 3.07 bits per heavy atom. The zero-order valence-electron chi connectivity index (χ0n) is 8.33. The molecule has 3 rings (SSSR count). The van der Waals surface area contributed by atoms with Gasteiger partial charge in [-0.2, -0.15) is 0 Å². The first-order valence-corrected chi connectivity index (χ1v) is 5.08. The summed E-state index contributed by atoms with van der Waals surface area (Å²) in [6.07, 6.45) is 1.02. The van der Waals surface area contributed by atoms with Crippen molar-refractivity contribution in [1.82, 2.24) is 4.57 Å². The normalized spacial score (nSPS) is 20.3. The monoisotopic (exact) mass is 186 g/mol. The van der Waals surface area contributed by atoms with E-state index in [0.29, 0.717) is 6.04 Å². The summed E-state index contributed by atoms with van der Waals surface area (Å²) in [5.74, 6) is 0.